The number of nitrogens with one attached hydrogen (secondary N) is 3. The van der Waals surface area contributed by atoms with E-state index in [9.17, 15) is 9.59 Å². The fourth-order valence-electron chi connectivity index (χ4n) is 1.63. The van der Waals surface area contributed by atoms with Gasteiger partial charge in [-0.05, 0) is 31.2 Å². The van der Waals surface area contributed by atoms with Gasteiger partial charge in [0, 0.05) is 12.2 Å². The van der Waals surface area contributed by atoms with Crippen LogP contribution in [0.4, 0.5) is 10.5 Å². The minimum atomic E-state index is -1.04. The number of urea groups is 1. The molecular weight excluding hydrogens is 246 g/mol. The first-order valence-electron chi connectivity index (χ1n) is 6.10. The Kier molecular flexibility index (Phi) is 5.81. The Balaban J connectivity index is 2.61. The topological polar surface area (TPSA) is 90.5 Å². The molecule has 0 fully saturated rings. The van der Waals surface area contributed by atoms with Crippen molar-refractivity contribution in [3.8, 4) is 0 Å². The second-order valence-corrected chi connectivity index (χ2v) is 4.13. The van der Waals surface area contributed by atoms with Crippen molar-refractivity contribution in [1.82, 2.24) is 10.6 Å². The van der Waals surface area contributed by atoms with Gasteiger partial charge in [0.1, 0.15) is 6.04 Å². The number of carbonyl (C=O) groups is 2. The molecule has 6 heteroatoms. The van der Waals surface area contributed by atoms with Crippen molar-refractivity contribution in [3.63, 3.8) is 0 Å². The molecule has 104 valence electrons. The van der Waals surface area contributed by atoms with Gasteiger partial charge in [0.05, 0.1) is 0 Å². The van der Waals surface area contributed by atoms with Crippen molar-refractivity contribution in [3.05, 3.63) is 29.8 Å². The molecule has 0 spiro atoms. The lowest BCUT2D eigenvalue weighted by molar-refractivity contribution is -0.139. The first-order chi connectivity index (χ1) is 9.06. The zero-order valence-corrected chi connectivity index (χ0v) is 11.1. The number of amides is 2. The lowest BCUT2D eigenvalue weighted by Gasteiger charge is -2.13. The van der Waals surface area contributed by atoms with Crippen molar-refractivity contribution >= 4 is 17.7 Å². The number of hydrogen-bond acceptors (Lipinski definition) is 3. The Bertz CT molecular complexity index is 449. The zero-order chi connectivity index (χ0) is 14.3. The Labute approximate surface area is 112 Å². The van der Waals surface area contributed by atoms with E-state index in [1.807, 2.05) is 25.2 Å². The van der Waals surface area contributed by atoms with Gasteiger partial charge in [-0.1, -0.05) is 19.1 Å². The van der Waals surface area contributed by atoms with Gasteiger partial charge in [0.25, 0.3) is 0 Å². The summed E-state index contributed by atoms with van der Waals surface area (Å²) in [4.78, 5) is 22.5. The summed E-state index contributed by atoms with van der Waals surface area (Å²) in [6.45, 7) is 2.40. The molecule has 4 N–H and O–H groups in total. The van der Waals surface area contributed by atoms with Gasteiger partial charge in [0.2, 0.25) is 0 Å². The Morgan fingerprint density at radius 2 is 2.11 bits per heavy atom. The summed E-state index contributed by atoms with van der Waals surface area (Å²) in [5.74, 6) is -1.04. The van der Waals surface area contributed by atoms with Crippen molar-refractivity contribution in [1.29, 1.82) is 0 Å². The zero-order valence-electron chi connectivity index (χ0n) is 11.1. The molecule has 2 amide bonds. The molecule has 0 aromatic heterocycles. The molecule has 0 saturated heterocycles. The minimum absolute atomic E-state index is 0.336. The standard InChI is InChI=1S/C13H19N3O3/c1-3-11(12(17)18)16-13(19)15-10-6-4-5-9(7-10)8-14-2/h4-7,11,14H,3,8H2,1-2H3,(H,17,18)(H2,15,16,19)/t11-/m1/s1. The van der Waals surface area contributed by atoms with Crippen LogP contribution in [0.3, 0.4) is 0 Å². The number of benzene rings is 1. The summed E-state index contributed by atoms with van der Waals surface area (Å²) in [5.41, 5.74) is 1.66. The van der Waals surface area contributed by atoms with Crippen LogP contribution in [0.15, 0.2) is 24.3 Å². The van der Waals surface area contributed by atoms with Crippen LogP contribution in [0.2, 0.25) is 0 Å². The lowest BCUT2D eigenvalue weighted by atomic mass is 10.2. The molecule has 0 heterocycles. The molecule has 0 aliphatic heterocycles. The Morgan fingerprint density at radius 1 is 1.37 bits per heavy atom. The van der Waals surface area contributed by atoms with Gasteiger partial charge in [-0.15, -0.1) is 0 Å². The maximum absolute atomic E-state index is 11.7. The van der Waals surface area contributed by atoms with E-state index in [2.05, 4.69) is 16.0 Å². The predicted octanol–water partition coefficient (Wildman–Crippen LogP) is 1.39. The number of carbonyl (C=O) groups excluding carboxylic acids is 1. The molecular formula is C13H19N3O3. The van der Waals surface area contributed by atoms with Crippen LogP contribution in [0.1, 0.15) is 18.9 Å². The fraction of sp³-hybridized carbons (Fsp3) is 0.385. The van der Waals surface area contributed by atoms with Crippen molar-refractivity contribution in [2.45, 2.75) is 25.9 Å². The minimum Gasteiger partial charge on any atom is -0.480 e. The van der Waals surface area contributed by atoms with Gasteiger partial charge in [-0.3, -0.25) is 0 Å². The van der Waals surface area contributed by atoms with Crippen LogP contribution in [-0.2, 0) is 11.3 Å². The Morgan fingerprint density at radius 3 is 2.68 bits per heavy atom. The summed E-state index contributed by atoms with van der Waals surface area (Å²) in [7, 11) is 1.84. The number of hydrogen-bond donors (Lipinski definition) is 4. The van der Waals surface area contributed by atoms with Crippen LogP contribution in [0, 0.1) is 0 Å². The average Bonchev–Trinajstić information content (AvgIpc) is 2.36. The van der Waals surface area contributed by atoms with E-state index in [1.165, 1.54) is 0 Å². The van der Waals surface area contributed by atoms with Gasteiger partial charge in [0.15, 0.2) is 0 Å². The van der Waals surface area contributed by atoms with Gasteiger partial charge in [-0.2, -0.15) is 0 Å². The number of anilines is 1. The lowest BCUT2D eigenvalue weighted by Crippen LogP contribution is -2.42. The van der Waals surface area contributed by atoms with E-state index in [1.54, 1.807) is 13.0 Å². The van der Waals surface area contributed by atoms with E-state index < -0.39 is 18.0 Å². The van der Waals surface area contributed by atoms with Crippen LogP contribution in [0.5, 0.6) is 0 Å². The maximum Gasteiger partial charge on any atom is 0.326 e. The highest BCUT2D eigenvalue weighted by Crippen LogP contribution is 2.10. The molecule has 1 aromatic carbocycles. The third kappa shape index (κ3) is 4.97. The molecule has 0 bridgehead atoms. The highest BCUT2D eigenvalue weighted by molar-refractivity contribution is 5.92. The molecule has 0 saturated carbocycles. The summed E-state index contributed by atoms with van der Waals surface area (Å²) < 4.78 is 0. The van der Waals surface area contributed by atoms with E-state index in [-0.39, 0.29) is 0 Å². The number of carboxylic acids is 1. The largest absolute Gasteiger partial charge is 0.480 e. The first kappa shape index (κ1) is 15.0. The summed E-state index contributed by atoms with van der Waals surface area (Å²) in [6.07, 6.45) is 0.336. The molecule has 1 aromatic rings. The van der Waals surface area contributed by atoms with Crippen molar-refractivity contribution in [2.75, 3.05) is 12.4 Å². The van der Waals surface area contributed by atoms with Crippen LogP contribution >= 0.6 is 0 Å². The monoisotopic (exact) mass is 265 g/mol. The number of aliphatic carboxylic acids is 1. The Hall–Kier alpha value is -2.08. The molecule has 19 heavy (non-hydrogen) atoms. The quantitative estimate of drug-likeness (QED) is 0.625. The summed E-state index contributed by atoms with van der Waals surface area (Å²) in [5, 5.41) is 16.9. The molecule has 1 rings (SSSR count). The predicted molar refractivity (Wildman–Crippen MR) is 73.1 cm³/mol. The average molecular weight is 265 g/mol. The van der Waals surface area contributed by atoms with E-state index in [4.69, 9.17) is 5.11 Å². The van der Waals surface area contributed by atoms with Gasteiger partial charge >= 0.3 is 12.0 Å². The van der Waals surface area contributed by atoms with Crippen LogP contribution < -0.4 is 16.0 Å². The highest BCUT2D eigenvalue weighted by Gasteiger charge is 2.17. The second-order valence-electron chi connectivity index (χ2n) is 4.13. The van der Waals surface area contributed by atoms with E-state index >= 15 is 0 Å². The summed E-state index contributed by atoms with van der Waals surface area (Å²) >= 11 is 0. The SMILES string of the molecule is CC[C@@H](NC(=O)Nc1cccc(CNC)c1)C(=O)O. The molecule has 0 unspecified atom stereocenters. The van der Waals surface area contributed by atoms with Crippen molar-refractivity contribution in [2.24, 2.45) is 0 Å². The van der Waals surface area contributed by atoms with Crippen molar-refractivity contribution < 1.29 is 14.7 Å². The first-order valence-corrected chi connectivity index (χ1v) is 6.10. The third-order valence-electron chi connectivity index (χ3n) is 2.58. The normalized spacial score (nSPS) is 11.7. The van der Waals surface area contributed by atoms with Crippen LogP contribution in [0.25, 0.3) is 0 Å². The smallest absolute Gasteiger partial charge is 0.326 e. The molecule has 0 aliphatic carbocycles. The summed E-state index contributed by atoms with van der Waals surface area (Å²) in [6, 6.07) is 5.96. The van der Waals surface area contributed by atoms with E-state index in [0.717, 1.165) is 5.56 Å². The fourth-order valence-corrected chi connectivity index (χ4v) is 1.63. The third-order valence-corrected chi connectivity index (χ3v) is 2.58. The maximum atomic E-state index is 11.7. The van der Waals surface area contributed by atoms with Crippen LogP contribution in [-0.4, -0.2) is 30.2 Å². The molecule has 0 radical (unpaired) electrons. The van der Waals surface area contributed by atoms with Gasteiger partial charge < -0.3 is 21.1 Å². The molecule has 1 atom stereocenters. The number of rotatable bonds is 6. The van der Waals surface area contributed by atoms with Gasteiger partial charge in [-0.25, -0.2) is 9.59 Å². The second kappa shape index (κ2) is 7.38. The number of carboxylic acid groups (broad SMARTS) is 1. The van der Waals surface area contributed by atoms with E-state index in [0.29, 0.717) is 18.7 Å². The highest BCUT2D eigenvalue weighted by atomic mass is 16.4. The molecule has 6 nitrogen and oxygen atoms in total. The molecule has 0 aliphatic rings.